The zero-order valence-electron chi connectivity index (χ0n) is 14.1. The first-order valence-electron chi connectivity index (χ1n) is 8.42. The minimum atomic E-state index is -0.471. The Morgan fingerprint density at radius 3 is 2.48 bits per heavy atom. The lowest BCUT2D eigenvalue weighted by atomic mass is 9.95. The van der Waals surface area contributed by atoms with E-state index < -0.39 is 11.7 Å². The molecule has 6 nitrogen and oxygen atoms in total. The van der Waals surface area contributed by atoms with Crippen LogP contribution in [0.4, 0.5) is 10.1 Å². The number of nitrogens with zero attached hydrogens (tertiary/aromatic N) is 2. The predicted molar refractivity (Wildman–Crippen MR) is 88.2 cm³/mol. The van der Waals surface area contributed by atoms with Crippen LogP contribution in [0.2, 0.25) is 0 Å². The van der Waals surface area contributed by atoms with Gasteiger partial charge in [0.05, 0.1) is 24.6 Å². The molecule has 1 unspecified atom stereocenters. The standard InChI is InChI=1S/C18H21FN2O4/c1-25-18(24)12-6-8-20(9-7-12)17(23)13-10-16(22)21(11-13)15-5-3-2-4-14(15)19/h2-5,12-13H,6-11H2,1H3. The summed E-state index contributed by atoms with van der Waals surface area (Å²) in [6.45, 7) is 1.14. The van der Waals surface area contributed by atoms with E-state index in [2.05, 4.69) is 0 Å². The summed E-state index contributed by atoms with van der Waals surface area (Å²) in [6.07, 6.45) is 1.22. The molecule has 0 N–H and O–H groups in total. The van der Waals surface area contributed by atoms with E-state index in [4.69, 9.17) is 4.74 Å². The van der Waals surface area contributed by atoms with Gasteiger partial charge in [0.2, 0.25) is 11.8 Å². The van der Waals surface area contributed by atoms with Crippen molar-refractivity contribution >= 4 is 23.5 Å². The van der Waals surface area contributed by atoms with E-state index >= 15 is 0 Å². The molecule has 1 aromatic rings. The van der Waals surface area contributed by atoms with Crippen LogP contribution in [-0.2, 0) is 19.1 Å². The van der Waals surface area contributed by atoms with Crippen molar-refractivity contribution in [3.05, 3.63) is 30.1 Å². The van der Waals surface area contributed by atoms with Gasteiger partial charge >= 0.3 is 5.97 Å². The molecular weight excluding hydrogens is 327 g/mol. The van der Waals surface area contributed by atoms with E-state index in [1.54, 1.807) is 23.1 Å². The van der Waals surface area contributed by atoms with Crippen molar-refractivity contribution in [1.82, 2.24) is 4.90 Å². The normalized spacial score (nSPS) is 21.5. The number of para-hydroxylation sites is 1. The van der Waals surface area contributed by atoms with Crippen molar-refractivity contribution in [1.29, 1.82) is 0 Å². The monoisotopic (exact) mass is 348 g/mol. The number of esters is 1. The average molecular weight is 348 g/mol. The predicted octanol–water partition coefficient (Wildman–Crippen LogP) is 1.59. The summed E-state index contributed by atoms with van der Waals surface area (Å²) in [5, 5.41) is 0. The van der Waals surface area contributed by atoms with Crippen LogP contribution in [0.25, 0.3) is 0 Å². The lowest BCUT2D eigenvalue weighted by Gasteiger charge is -2.32. The van der Waals surface area contributed by atoms with Gasteiger partial charge in [-0.3, -0.25) is 14.4 Å². The number of hydrogen-bond acceptors (Lipinski definition) is 4. The third kappa shape index (κ3) is 3.50. The third-order valence-corrected chi connectivity index (χ3v) is 4.96. The summed E-state index contributed by atoms with van der Waals surface area (Å²) in [7, 11) is 1.36. The Labute approximate surface area is 145 Å². The summed E-state index contributed by atoms with van der Waals surface area (Å²) in [5.74, 6) is -1.70. The largest absolute Gasteiger partial charge is 0.469 e. The zero-order chi connectivity index (χ0) is 18.0. The number of carbonyl (C=O) groups is 3. The molecule has 2 amide bonds. The summed E-state index contributed by atoms with van der Waals surface area (Å²) in [6, 6.07) is 6.07. The molecule has 7 heteroatoms. The maximum Gasteiger partial charge on any atom is 0.308 e. The Balaban J connectivity index is 1.62. The van der Waals surface area contributed by atoms with Gasteiger partial charge in [0.25, 0.3) is 0 Å². The molecule has 1 aromatic carbocycles. The fourth-order valence-electron chi connectivity index (χ4n) is 3.54. The summed E-state index contributed by atoms with van der Waals surface area (Å²) >= 11 is 0. The van der Waals surface area contributed by atoms with Crippen LogP contribution < -0.4 is 4.90 Å². The Morgan fingerprint density at radius 2 is 1.84 bits per heavy atom. The number of amides is 2. The highest BCUT2D eigenvalue weighted by Gasteiger charge is 2.39. The number of methoxy groups -OCH3 is 1. The van der Waals surface area contributed by atoms with Gasteiger partial charge in [0.1, 0.15) is 5.82 Å². The Bertz CT molecular complexity index is 685. The smallest absolute Gasteiger partial charge is 0.308 e. The molecule has 2 aliphatic rings. The van der Waals surface area contributed by atoms with Crippen LogP contribution in [0, 0.1) is 17.7 Å². The number of ether oxygens (including phenoxy) is 1. The summed E-state index contributed by atoms with van der Waals surface area (Å²) in [4.78, 5) is 39.5. The van der Waals surface area contributed by atoms with Crippen molar-refractivity contribution < 1.29 is 23.5 Å². The highest BCUT2D eigenvalue weighted by Crippen LogP contribution is 2.29. The second-order valence-corrected chi connectivity index (χ2v) is 6.48. The molecule has 0 aliphatic carbocycles. The Morgan fingerprint density at radius 1 is 1.16 bits per heavy atom. The van der Waals surface area contributed by atoms with Crippen LogP contribution in [0.5, 0.6) is 0 Å². The van der Waals surface area contributed by atoms with Crippen LogP contribution >= 0.6 is 0 Å². The number of piperidine rings is 1. The molecule has 0 bridgehead atoms. The van der Waals surface area contributed by atoms with Gasteiger partial charge in [-0.15, -0.1) is 0 Å². The molecule has 134 valence electrons. The van der Waals surface area contributed by atoms with Crippen molar-refractivity contribution in [3.8, 4) is 0 Å². The van der Waals surface area contributed by atoms with Gasteiger partial charge in [-0.1, -0.05) is 12.1 Å². The number of rotatable bonds is 3. The van der Waals surface area contributed by atoms with E-state index in [-0.39, 0.29) is 42.4 Å². The van der Waals surface area contributed by atoms with Gasteiger partial charge in [-0.25, -0.2) is 4.39 Å². The zero-order valence-corrected chi connectivity index (χ0v) is 14.1. The van der Waals surface area contributed by atoms with Crippen molar-refractivity contribution in [3.63, 3.8) is 0 Å². The van der Waals surface area contributed by atoms with Crippen LogP contribution in [-0.4, -0.2) is 49.4 Å². The molecular formula is C18H21FN2O4. The molecule has 0 saturated carbocycles. The second-order valence-electron chi connectivity index (χ2n) is 6.48. The number of halogens is 1. The van der Waals surface area contributed by atoms with E-state index in [0.717, 1.165) is 0 Å². The minimum Gasteiger partial charge on any atom is -0.469 e. The van der Waals surface area contributed by atoms with E-state index in [1.807, 2.05) is 0 Å². The summed E-state index contributed by atoms with van der Waals surface area (Å²) in [5.41, 5.74) is 0.215. The number of carbonyl (C=O) groups excluding carboxylic acids is 3. The van der Waals surface area contributed by atoms with Crippen molar-refractivity contribution in [2.75, 3.05) is 31.6 Å². The van der Waals surface area contributed by atoms with Gasteiger partial charge in [0.15, 0.2) is 0 Å². The van der Waals surface area contributed by atoms with Crippen LogP contribution in [0.3, 0.4) is 0 Å². The summed E-state index contributed by atoms with van der Waals surface area (Å²) < 4.78 is 18.7. The van der Waals surface area contributed by atoms with Crippen LogP contribution in [0.1, 0.15) is 19.3 Å². The van der Waals surface area contributed by atoms with Crippen LogP contribution in [0.15, 0.2) is 24.3 Å². The lowest BCUT2D eigenvalue weighted by molar-refractivity contribution is -0.149. The first-order chi connectivity index (χ1) is 12.0. The quantitative estimate of drug-likeness (QED) is 0.778. The first-order valence-corrected chi connectivity index (χ1v) is 8.42. The molecule has 2 heterocycles. The Hall–Kier alpha value is -2.44. The molecule has 0 spiro atoms. The maximum absolute atomic E-state index is 13.9. The van der Waals surface area contributed by atoms with E-state index in [9.17, 15) is 18.8 Å². The maximum atomic E-state index is 13.9. The second kappa shape index (κ2) is 7.21. The van der Waals surface area contributed by atoms with Gasteiger partial charge < -0.3 is 14.5 Å². The molecule has 2 fully saturated rings. The highest BCUT2D eigenvalue weighted by atomic mass is 19.1. The van der Waals surface area contributed by atoms with E-state index in [1.165, 1.54) is 18.1 Å². The molecule has 1 atom stereocenters. The van der Waals surface area contributed by atoms with Crippen molar-refractivity contribution in [2.24, 2.45) is 11.8 Å². The third-order valence-electron chi connectivity index (χ3n) is 4.96. The fourth-order valence-corrected chi connectivity index (χ4v) is 3.54. The lowest BCUT2D eigenvalue weighted by Crippen LogP contribution is -2.43. The van der Waals surface area contributed by atoms with E-state index in [0.29, 0.717) is 25.9 Å². The minimum absolute atomic E-state index is 0.0874. The highest BCUT2D eigenvalue weighted by molar-refractivity contribution is 6.00. The molecule has 2 saturated heterocycles. The van der Waals surface area contributed by atoms with Gasteiger partial charge in [-0.05, 0) is 25.0 Å². The molecule has 2 aliphatic heterocycles. The molecule has 0 aromatic heterocycles. The fraction of sp³-hybridized carbons (Fsp3) is 0.500. The number of benzene rings is 1. The SMILES string of the molecule is COC(=O)C1CCN(C(=O)C2CC(=O)N(c3ccccc3F)C2)CC1. The first kappa shape index (κ1) is 17.4. The van der Waals surface area contributed by atoms with Gasteiger partial charge in [0, 0.05) is 26.1 Å². The average Bonchev–Trinajstić information content (AvgIpc) is 3.02. The van der Waals surface area contributed by atoms with Gasteiger partial charge in [-0.2, -0.15) is 0 Å². The molecule has 0 radical (unpaired) electrons. The number of hydrogen-bond donors (Lipinski definition) is 0. The topological polar surface area (TPSA) is 66.9 Å². The van der Waals surface area contributed by atoms with Crippen molar-refractivity contribution in [2.45, 2.75) is 19.3 Å². The molecule has 3 rings (SSSR count). The number of likely N-dealkylation sites (tertiary alicyclic amines) is 1. The number of anilines is 1. The molecule has 25 heavy (non-hydrogen) atoms. The Kier molecular flexibility index (Phi) is 5.01.